The minimum Gasteiger partial charge on any atom is -0.478 e. The van der Waals surface area contributed by atoms with Gasteiger partial charge in [0.2, 0.25) is 0 Å². The molecule has 0 atom stereocenters. The minimum atomic E-state index is -0.817. The molecule has 0 fully saturated rings. The van der Waals surface area contributed by atoms with Gasteiger partial charge in [-0.2, -0.15) is 0 Å². The maximum Gasteiger partial charge on any atom is 0.333 e. The highest BCUT2D eigenvalue weighted by molar-refractivity contribution is 5.89. The molecule has 96 valence electrons. The summed E-state index contributed by atoms with van der Waals surface area (Å²) in [4.78, 5) is 11.4. The van der Waals surface area contributed by atoms with Crippen molar-refractivity contribution in [3.05, 3.63) is 24.0 Å². The number of dihydropyridines is 1. The molecule has 1 aliphatic heterocycles. The van der Waals surface area contributed by atoms with E-state index in [0.29, 0.717) is 17.4 Å². The normalized spacial score (nSPS) is 18.1. The fourth-order valence-corrected chi connectivity index (χ4v) is 2.74. The molecule has 3 heteroatoms. The Balaban J connectivity index is 3.09. The van der Waals surface area contributed by atoms with Crippen LogP contribution in [-0.2, 0) is 4.79 Å². The smallest absolute Gasteiger partial charge is 0.333 e. The first-order chi connectivity index (χ1) is 7.87. The fraction of sp³-hybridized carbons (Fsp3) is 0.643. The molecule has 0 saturated carbocycles. The van der Waals surface area contributed by atoms with Crippen molar-refractivity contribution in [2.24, 2.45) is 17.3 Å². The van der Waals surface area contributed by atoms with E-state index >= 15 is 0 Å². The summed E-state index contributed by atoms with van der Waals surface area (Å²) in [6.07, 6.45) is 7.27. The quantitative estimate of drug-likeness (QED) is 0.772. The van der Waals surface area contributed by atoms with Crippen LogP contribution in [0.1, 0.15) is 40.5 Å². The molecule has 0 spiro atoms. The summed E-state index contributed by atoms with van der Waals surface area (Å²) in [5.74, 6) is 0.127. The van der Waals surface area contributed by atoms with E-state index in [9.17, 15) is 9.90 Å². The van der Waals surface area contributed by atoms with Crippen LogP contribution in [0.15, 0.2) is 24.0 Å². The Morgan fingerprint density at radius 3 is 2.24 bits per heavy atom. The Morgan fingerprint density at radius 1 is 1.29 bits per heavy atom. The van der Waals surface area contributed by atoms with E-state index in [4.69, 9.17) is 0 Å². The highest BCUT2D eigenvalue weighted by atomic mass is 16.4. The van der Waals surface area contributed by atoms with Crippen LogP contribution in [0.3, 0.4) is 0 Å². The molecule has 1 heterocycles. The minimum absolute atomic E-state index is 0.320. The van der Waals surface area contributed by atoms with E-state index in [1.807, 2.05) is 12.3 Å². The highest BCUT2D eigenvalue weighted by Crippen LogP contribution is 2.43. The molecule has 2 N–H and O–H groups in total. The van der Waals surface area contributed by atoms with E-state index in [-0.39, 0.29) is 5.41 Å². The SMILES string of the molecule is CC(C)CC1(CC(C)C)C=CNC=C1C(=O)O. The number of carbonyl (C=O) groups is 1. The fourth-order valence-electron chi connectivity index (χ4n) is 2.74. The van der Waals surface area contributed by atoms with Crippen molar-refractivity contribution in [2.45, 2.75) is 40.5 Å². The Morgan fingerprint density at radius 2 is 1.82 bits per heavy atom. The number of carboxylic acids is 1. The second-order valence-corrected chi connectivity index (χ2v) is 5.72. The molecule has 0 unspecified atom stereocenters. The molecule has 0 aromatic carbocycles. The number of aliphatic carboxylic acids is 1. The lowest BCUT2D eigenvalue weighted by atomic mass is 9.68. The van der Waals surface area contributed by atoms with Gasteiger partial charge >= 0.3 is 5.97 Å². The van der Waals surface area contributed by atoms with Crippen molar-refractivity contribution in [1.82, 2.24) is 5.32 Å². The molecular weight excluding hydrogens is 214 g/mol. The lowest BCUT2D eigenvalue weighted by Gasteiger charge is -2.36. The molecule has 0 bridgehead atoms. The third kappa shape index (κ3) is 3.35. The van der Waals surface area contributed by atoms with E-state index in [2.05, 4.69) is 33.0 Å². The molecule has 0 aliphatic carbocycles. The second-order valence-electron chi connectivity index (χ2n) is 5.72. The second kappa shape index (κ2) is 5.39. The Labute approximate surface area is 104 Å². The zero-order chi connectivity index (χ0) is 13.1. The van der Waals surface area contributed by atoms with Crippen LogP contribution in [-0.4, -0.2) is 11.1 Å². The molecule has 0 aromatic heterocycles. The first-order valence-corrected chi connectivity index (χ1v) is 6.25. The molecule has 0 amide bonds. The third-order valence-corrected chi connectivity index (χ3v) is 3.04. The van der Waals surface area contributed by atoms with Gasteiger partial charge < -0.3 is 10.4 Å². The van der Waals surface area contributed by atoms with Crippen molar-refractivity contribution >= 4 is 5.97 Å². The monoisotopic (exact) mass is 237 g/mol. The molecular formula is C14H23NO2. The standard InChI is InChI=1S/C14H23NO2/c1-10(2)7-14(8-11(3)4)5-6-15-9-12(14)13(16)17/h5-6,9-11,15H,7-8H2,1-4H3,(H,16,17). The Bertz CT molecular complexity index is 330. The van der Waals surface area contributed by atoms with Gasteiger partial charge in [-0.3, -0.25) is 0 Å². The maximum atomic E-state index is 11.4. The number of carboxylic acid groups (broad SMARTS) is 1. The van der Waals surface area contributed by atoms with E-state index in [1.54, 1.807) is 6.20 Å². The van der Waals surface area contributed by atoms with Crippen molar-refractivity contribution in [3.8, 4) is 0 Å². The average molecular weight is 237 g/mol. The molecule has 0 aromatic rings. The van der Waals surface area contributed by atoms with Crippen molar-refractivity contribution in [3.63, 3.8) is 0 Å². The van der Waals surface area contributed by atoms with Crippen LogP contribution in [0, 0.1) is 17.3 Å². The van der Waals surface area contributed by atoms with Crippen molar-refractivity contribution in [1.29, 1.82) is 0 Å². The summed E-state index contributed by atoms with van der Waals surface area (Å²) in [5, 5.41) is 12.3. The Hall–Kier alpha value is -1.25. The van der Waals surface area contributed by atoms with Gasteiger partial charge in [0.15, 0.2) is 0 Å². The highest BCUT2D eigenvalue weighted by Gasteiger charge is 2.38. The lowest BCUT2D eigenvalue weighted by Crippen LogP contribution is -2.33. The Kier molecular flexibility index (Phi) is 4.38. The number of hydrogen-bond acceptors (Lipinski definition) is 2. The zero-order valence-electron chi connectivity index (χ0n) is 11.2. The van der Waals surface area contributed by atoms with Crippen LogP contribution in [0.5, 0.6) is 0 Å². The average Bonchev–Trinajstić information content (AvgIpc) is 2.14. The van der Waals surface area contributed by atoms with Crippen molar-refractivity contribution < 1.29 is 9.90 Å². The van der Waals surface area contributed by atoms with Crippen LogP contribution in [0.2, 0.25) is 0 Å². The number of nitrogens with one attached hydrogen (secondary N) is 1. The predicted molar refractivity (Wildman–Crippen MR) is 69.3 cm³/mol. The van der Waals surface area contributed by atoms with Crippen molar-refractivity contribution in [2.75, 3.05) is 0 Å². The van der Waals surface area contributed by atoms with Gasteiger partial charge in [0.05, 0.1) is 5.57 Å². The third-order valence-electron chi connectivity index (χ3n) is 3.04. The topological polar surface area (TPSA) is 49.3 Å². The predicted octanol–water partition coefficient (Wildman–Crippen LogP) is 3.15. The molecule has 0 radical (unpaired) electrons. The van der Waals surface area contributed by atoms with Crippen LogP contribution in [0.25, 0.3) is 0 Å². The summed E-state index contributed by atoms with van der Waals surface area (Å²) < 4.78 is 0. The number of hydrogen-bond donors (Lipinski definition) is 2. The van der Waals surface area contributed by atoms with Gasteiger partial charge in [-0.15, -0.1) is 0 Å². The summed E-state index contributed by atoms with van der Waals surface area (Å²) >= 11 is 0. The van der Waals surface area contributed by atoms with Crippen LogP contribution in [0.4, 0.5) is 0 Å². The van der Waals surface area contributed by atoms with Gasteiger partial charge in [-0.05, 0) is 30.9 Å². The zero-order valence-corrected chi connectivity index (χ0v) is 11.2. The van der Waals surface area contributed by atoms with Gasteiger partial charge in [-0.25, -0.2) is 4.79 Å². The lowest BCUT2D eigenvalue weighted by molar-refractivity contribution is -0.134. The van der Waals surface area contributed by atoms with Gasteiger partial charge in [-0.1, -0.05) is 33.8 Å². The summed E-state index contributed by atoms with van der Waals surface area (Å²) in [5.41, 5.74) is 0.168. The van der Waals surface area contributed by atoms with Crippen LogP contribution < -0.4 is 5.32 Å². The van der Waals surface area contributed by atoms with E-state index in [1.165, 1.54) is 0 Å². The molecule has 1 aliphatic rings. The maximum absolute atomic E-state index is 11.4. The molecule has 0 saturated heterocycles. The summed E-state index contributed by atoms with van der Waals surface area (Å²) in [7, 11) is 0. The van der Waals surface area contributed by atoms with Gasteiger partial charge in [0.1, 0.15) is 0 Å². The molecule has 17 heavy (non-hydrogen) atoms. The first-order valence-electron chi connectivity index (χ1n) is 6.25. The number of allylic oxidation sites excluding steroid dienone is 1. The largest absolute Gasteiger partial charge is 0.478 e. The first kappa shape index (κ1) is 13.8. The van der Waals surface area contributed by atoms with Gasteiger partial charge in [0.25, 0.3) is 0 Å². The van der Waals surface area contributed by atoms with E-state index < -0.39 is 5.97 Å². The summed E-state index contributed by atoms with van der Waals surface area (Å²) in [6, 6.07) is 0. The van der Waals surface area contributed by atoms with Gasteiger partial charge in [0, 0.05) is 11.6 Å². The van der Waals surface area contributed by atoms with Crippen LogP contribution >= 0.6 is 0 Å². The number of rotatable bonds is 5. The van der Waals surface area contributed by atoms with E-state index in [0.717, 1.165) is 12.8 Å². The molecule has 1 rings (SSSR count). The molecule has 3 nitrogen and oxygen atoms in total. The summed E-state index contributed by atoms with van der Waals surface area (Å²) in [6.45, 7) is 8.55.